The number of benzene rings is 3. The van der Waals surface area contributed by atoms with E-state index in [0.29, 0.717) is 5.56 Å². The van der Waals surface area contributed by atoms with Gasteiger partial charge < -0.3 is 9.15 Å². The van der Waals surface area contributed by atoms with Crippen LogP contribution in [0.2, 0.25) is 0 Å². The van der Waals surface area contributed by atoms with Crippen molar-refractivity contribution >= 4 is 11.0 Å². The number of ether oxygens (including phenoxy) is 1. The van der Waals surface area contributed by atoms with Crippen LogP contribution < -0.4 is 10.2 Å². The Labute approximate surface area is 168 Å². The molecule has 7 heteroatoms. The Morgan fingerprint density at radius 2 is 1.60 bits per heavy atom. The lowest BCUT2D eigenvalue weighted by atomic mass is 10.0. The van der Waals surface area contributed by atoms with Crippen LogP contribution in [0.15, 0.2) is 82.0 Å². The molecular weight excluding hydrogens is 400 g/mol. The van der Waals surface area contributed by atoms with Gasteiger partial charge in [0.1, 0.15) is 23.8 Å². The highest BCUT2D eigenvalue weighted by molar-refractivity contribution is 5.84. The molecule has 0 saturated heterocycles. The van der Waals surface area contributed by atoms with E-state index in [9.17, 15) is 22.4 Å². The quantitative estimate of drug-likeness (QED) is 0.374. The summed E-state index contributed by atoms with van der Waals surface area (Å²) in [7, 11) is 0. The Morgan fingerprint density at radius 3 is 2.27 bits per heavy atom. The van der Waals surface area contributed by atoms with E-state index in [1.165, 1.54) is 54.6 Å². The van der Waals surface area contributed by atoms with Gasteiger partial charge in [-0.1, -0.05) is 42.5 Å². The third kappa shape index (κ3) is 3.91. The minimum atomic E-state index is -4.86. The molecule has 0 aliphatic rings. The zero-order chi connectivity index (χ0) is 21.3. The summed E-state index contributed by atoms with van der Waals surface area (Å²) in [5.74, 6) is -1.53. The molecule has 0 unspecified atom stereocenters. The van der Waals surface area contributed by atoms with Crippen LogP contribution in [-0.4, -0.2) is 0 Å². The van der Waals surface area contributed by atoms with Gasteiger partial charge >= 0.3 is 6.18 Å². The summed E-state index contributed by atoms with van der Waals surface area (Å²) in [6.07, 6.45) is -4.86. The minimum absolute atomic E-state index is 0.0102. The van der Waals surface area contributed by atoms with Gasteiger partial charge in [0.2, 0.25) is 11.2 Å². The monoisotopic (exact) mass is 414 g/mol. The van der Waals surface area contributed by atoms with E-state index in [0.717, 1.165) is 0 Å². The van der Waals surface area contributed by atoms with Gasteiger partial charge in [-0.25, -0.2) is 4.39 Å². The molecule has 0 saturated carbocycles. The summed E-state index contributed by atoms with van der Waals surface area (Å²) in [5.41, 5.74) is -0.746. The van der Waals surface area contributed by atoms with Crippen molar-refractivity contribution in [3.05, 3.63) is 100 Å². The molecule has 0 aliphatic heterocycles. The van der Waals surface area contributed by atoms with E-state index in [1.807, 2.05) is 0 Å². The molecule has 0 radical (unpaired) electrons. The first kappa shape index (κ1) is 19.7. The van der Waals surface area contributed by atoms with Crippen molar-refractivity contribution in [2.75, 3.05) is 0 Å². The maximum absolute atomic E-state index is 13.6. The zero-order valence-corrected chi connectivity index (χ0v) is 15.4. The van der Waals surface area contributed by atoms with Gasteiger partial charge in [-0.15, -0.1) is 0 Å². The molecule has 3 aromatic carbocycles. The summed E-state index contributed by atoms with van der Waals surface area (Å²) < 4.78 is 64.6. The molecule has 4 rings (SSSR count). The lowest BCUT2D eigenvalue weighted by Gasteiger charge is -2.13. The molecule has 0 amide bonds. The first-order valence-electron chi connectivity index (χ1n) is 8.93. The van der Waals surface area contributed by atoms with Crippen molar-refractivity contribution in [3.63, 3.8) is 0 Å². The Bertz CT molecular complexity index is 1240. The summed E-state index contributed by atoms with van der Waals surface area (Å²) >= 11 is 0. The molecule has 3 nitrogen and oxygen atoms in total. The molecule has 4 aromatic rings. The van der Waals surface area contributed by atoms with Crippen molar-refractivity contribution in [1.29, 1.82) is 0 Å². The number of hydrogen-bond acceptors (Lipinski definition) is 3. The van der Waals surface area contributed by atoms with Crippen LogP contribution in [0.4, 0.5) is 17.6 Å². The zero-order valence-electron chi connectivity index (χ0n) is 15.4. The van der Waals surface area contributed by atoms with Gasteiger partial charge in [0.15, 0.2) is 0 Å². The summed E-state index contributed by atoms with van der Waals surface area (Å²) in [5, 5.41) is 0.0102. The van der Waals surface area contributed by atoms with Crippen molar-refractivity contribution < 1.29 is 26.7 Å². The number of halogens is 4. The van der Waals surface area contributed by atoms with E-state index >= 15 is 0 Å². The van der Waals surface area contributed by atoms with Crippen molar-refractivity contribution in [3.8, 4) is 16.9 Å². The number of fused-ring (bicyclic) bond motifs is 1. The van der Waals surface area contributed by atoms with Crippen LogP contribution in [0.25, 0.3) is 22.1 Å². The smallest absolute Gasteiger partial charge is 0.450 e. The molecular formula is C23H14F4O3. The first-order chi connectivity index (χ1) is 14.3. The second-order valence-electron chi connectivity index (χ2n) is 6.57. The van der Waals surface area contributed by atoms with Crippen LogP contribution in [-0.2, 0) is 12.8 Å². The Balaban J connectivity index is 1.77. The van der Waals surface area contributed by atoms with Crippen molar-refractivity contribution in [1.82, 2.24) is 0 Å². The van der Waals surface area contributed by atoms with Gasteiger partial charge in [0, 0.05) is 6.07 Å². The third-order valence-corrected chi connectivity index (χ3v) is 4.50. The summed E-state index contributed by atoms with van der Waals surface area (Å²) in [6.45, 7) is 0.0737. The normalized spacial score (nSPS) is 11.6. The van der Waals surface area contributed by atoms with E-state index in [4.69, 9.17) is 9.15 Å². The third-order valence-electron chi connectivity index (χ3n) is 4.50. The van der Waals surface area contributed by atoms with Crippen LogP contribution >= 0.6 is 0 Å². The fourth-order valence-corrected chi connectivity index (χ4v) is 3.08. The molecule has 0 atom stereocenters. The molecule has 0 bridgehead atoms. The topological polar surface area (TPSA) is 39.4 Å². The van der Waals surface area contributed by atoms with Crippen LogP contribution in [0.1, 0.15) is 11.3 Å². The second kappa shape index (κ2) is 7.67. The molecule has 0 spiro atoms. The largest absolute Gasteiger partial charge is 0.489 e. The molecule has 0 aliphatic carbocycles. The van der Waals surface area contributed by atoms with Crippen molar-refractivity contribution in [2.24, 2.45) is 0 Å². The molecule has 1 aromatic heterocycles. The van der Waals surface area contributed by atoms with E-state index < -0.39 is 22.9 Å². The van der Waals surface area contributed by atoms with Gasteiger partial charge in [-0.3, -0.25) is 4.79 Å². The molecule has 0 N–H and O–H groups in total. The molecule has 1 heterocycles. The van der Waals surface area contributed by atoms with E-state index in [2.05, 4.69) is 0 Å². The van der Waals surface area contributed by atoms with Gasteiger partial charge in [-0.2, -0.15) is 13.2 Å². The molecule has 152 valence electrons. The minimum Gasteiger partial charge on any atom is -0.489 e. The lowest BCUT2D eigenvalue weighted by molar-refractivity contribution is -0.152. The van der Waals surface area contributed by atoms with Gasteiger partial charge in [0.25, 0.3) is 0 Å². The van der Waals surface area contributed by atoms with Gasteiger partial charge in [0.05, 0.1) is 10.9 Å². The predicted molar refractivity (Wildman–Crippen MR) is 104 cm³/mol. The van der Waals surface area contributed by atoms with Crippen LogP contribution in [0.5, 0.6) is 5.75 Å². The van der Waals surface area contributed by atoms with Crippen molar-refractivity contribution in [2.45, 2.75) is 12.8 Å². The first-order valence-corrected chi connectivity index (χ1v) is 8.93. The fraction of sp³-hybridized carbons (Fsp3) is 0.0870. The van der Waals surface area contributed by atoms with Crippen LogP contribution in [0.3, 0.4) is 0 Å². The average Bonchev–Trinajstić information content (AvgIpc) is 2.73. The highest BCUT2D eigenvalue weighted by atomic mass is 19.4. The van der Waals surface area contributed by atoms with Gasteiger partial charge in [-0.05, 0) is 35.4 Å². The maximum Gasteiger partial charge on any atom is 0.450 e. The molecule has 0 fully saturated rings. The van der Waals surface area contributed by atoms with Crippen LogP contribution in [0, 0.1) is 5.82 Å². The fourth-order valence-electron chi connectivity index (χ4n) is 3.08. The number of rotatable bonds is 4. The Hall–Kier alpha value is -3.61. The highest BCUT2D eigenvalue weighted by Gasteiger charge is 2.39. The summed E-state index contributed by atoms with van der Waals surface area (Å²) in [6, 6.07) is 17.3. The Morgan fingerprint density at radius 1 is 0.900 bits per heavy atom. The average molecular weight is 414 g/mol. The van der Waals surface area contributed by atoms with E-state index in [1.54, 1.807) is 18.2 Å². The highest BCUT2D eigenvalue weighted by Crippen LogP contribution is 2.37. The number of hydrogen-bond donors (Lipinski definition) is 0. The summed E-state index contributed by atoms with van der Waals surface area (Å²) in [4.78, 5) is 12.9. The lowest BCUT2D eigenvalue weighted by Crippen LogP contribution is -2.16. The van der Waals surface area contributed by atoms with E-state index in [-0.39, 0.29) is 34.7 Å². The standard InChI is InChI=1S/C23H14F4O3/c24-16-8-6-14(7-9-16)13-29-17-10-11-18-19(12-17)30-22(23(25,26)27)20(21(18)28)15-4-2-1-3-5-15/h1-12H,13H2. The Kier molecular flexibility index (Phi) is 5.03. The second-order valence-corrected chi connectivity index (χ2v) is 6.57. The maximum atomic E-state index is 13.6. The number of alkyl halides is 3. The molecule has 30 heavy (non-hydrogen) atoms. The predicted octanol–water partition coefficient (Wildman–Crippen LogP) is 6.20. The SMILES string of the molecule is O=c1c(-c2ccccc2)c(C(F)(F)F)oc2cc(OCc3ccc(F)cc3)ccc12.